The Morgan fingerprint density at radius 3 is 2.78 bits per heavy atom. The first kappa shape index (κ1) is 14.4. The molecule has 3 N–H and O–H groups in total. The molecule has 0 atom stereocenters. The molecule has 0 fully saturated rings. The van der Waals surface area contributed by atoms with Crippen LogP contribution in [0, 0.1) is 12.8 Å². The van der Waals surface area contributed by atoms with Gasteiger partial charge in [0, 0.05) is 6.54 Å². The summed E-state index contributed by atoms with van der Waals surface area (Å²) in [6.45, 7) is 7.68. The van der Waals surface area contributed by atoms with Crippen LogP contribution in [0.5, 0.6) is 5.75 Å². The first-order chi connectivity index (χ1) is 8.52. The van der Waals surface area contributed by atoms with Crippen LogP contribution in [0.2, 0.25) is 0 Å². The van der Waals surface area contributed by atoms with Gasteiger partial charge in [0.05, 0.1) is 13.7 Å². The molecule has 0 aliphatic heterocycles. The van der Waals surface area contributed by atoms with E-state index in [-0.39, 0.29) is 0 Å². The van der Waals surface area contributed by atoms with Crippen LogP contribution in [0.25, 0.3) is 0 Å². The molecule has 0 saturated carbocycles. The van der Waals surface area contributed by atoms with Crippen LogP contribution in [0.15, 0.2) is 23.2 Å². The first-order valence-electron chi connectivity index (χ1n) is 6.20. The van der Waals surface area contributed by atoms with Gasteiger partial charge in [0.2, 0.25) is 0 Å². The molecule has 0 aliphatic carbocycles. The molecule has 18 heavy (non-hydrogen) atoms. The van der Waals surface area contributed by atoms with Crippen molar-refractivity contribution in [3.8, 4) is 5.75 Å². The Morgan fingerprint density at radius 2 is 2.17 bits per heavy atom. The van der Waals surface area contributed by atoms with Crippen LogP contribution in [0.3, 0.4) is 0 Å². The molecule has 0 bridgehead atoms. The minimum Gasteiger partial charge on any atom is -0.496 e. The van der Waals surface area contributed by atoms with Crippen LogP contribution in [-0.2, 0) is 6.54 Å². The molecule has 4 heteroatoms. The number of hydrogen-bond donors (Lipinski definition) is 2. The van der Waals surface area contributed by atoms with Gasteiger partial charge in [-0.05, 0) is 30.0 Å². The van der Waals surface area contributed by atoms with E-state index < -0.39 is 0 Å². The van der Waals surface area contributed by atoms with Crippen LogP contribution in [0.4, 0.5) is 0 Å². The van der Waals surface area contributed by atoms with Crippen molar-refractivity contribution in [2.45, 2.75) is 27.3 Å². The molecular weight excluding hydrogens is 226 g/mol. The zero-order chi connectivity index (χ0) is 13.5. The molecule has 0 aliphatic rings. The number of benzene rings is 1. The lowest BCUT2D eigenvalue weighted by Crippen LogP contribution is -2.34. The van der Waals surface area contributed by atoms with Gasteiger partial charge < -0.3 is 15.8 Å². The van der Waals surface area contributed by atoms with Crippen molar-refractivity contribution in [2.24, 2.45) is 16.6 Å². The second kappa shape index (κ2) is 6.89. The number of rotatable bonds is 5. The summed E-state index contributed by atoms with van der Waals surface area (Å²) in [4.78, 5) is 4.30. The van der Waals surface area contributed by atoms with Crippen LogP contribution in [-0.4, -0.2) is 19.6 Å². The summed E-state index contributed by atoms with van der Waals surface area (Å²) < 4.78 is 5.28. The molecule has 1 rings (SSSR count). The molecule has 0 heterocycles. The maximum Gasteiger partial charge on any atom is 0.188 e. The lowest BCUT2D eigenvalue weighted by Gasteiger charge is -2.09. The molecule has 4 nitrogen and oxygen atoms in total. The number of ether oxygens (including phenoxy) is 1. The van der Waals surface area contributed by atoms with E-state index in [0.29, 0.717) is 18.4 Å². The standard InChI is InChI=1S/C14H23N3O/c1-10(2)8-16-14(15)17-9-12-6-5-11(3)13(7-12)18-4/h5-7,10H,8-9H2,1-4H3,(H3,15,16,17). The summed E-state index contributed by atoms with van der Waals surface area (Å²) in [7, 11) is 1.67. The Morgan fingerprint density at radius 1 is 1.44 bits per heavy atom. The fraction of sp³-hybridized carbons (Fsp3) is 0.500. The van der Waals surface area contributed by atoms with E-state index >= 15 is 0 Å². The van der Waals surface area contributed by atoms with Crippen LogP contribution >= 0.6 is 0 Å². The van der Waals surface area contributed by atoms with Crippen molar-refractivity contribution >= 4 is 5.96 Å². The molecule has 0 amide bonds. The summed E-state index contributed by atoms with van der Waals surface area (Å²) in [5.41, 5.74) is 7.99. The predicted octanol–water partition coefficient (Wildman–Crippen LogP) is 2.06. The number of hydrogen-bond acceptors (Lipinski definition) is 2. The van der Waals surface area contributed by atoms with E-state index in [0.717, 1.165) is 23.4 Å². The number of aryl methyl sites for hydroxylation is 1. The normalized spacial score (nSPS) is 11.7. The summed E-state index contributed by atoms with van der Waals surface area (Å²) in [5.74, 6) is 1.93. The maximum absolute atomic E-state index is 5.78. The second-order valence-electron chi connectivity index (χ2n) is 4.78. The Hall–Kier alpha value is -1.71. The van der Waals surface area contributed by atoms with Gasteiger partial charge in [0.1, 0.15) is 5.75 Å². The van der Waals surface area contributed by atoms with Crippen LogP contribution in [0.1, 0.15) is 25.0 Å². The third-order valence-corrected chi connectivity index (χ3v) is 2.60. The Bertz CT molecular complexity index is 414. The van der Waals surface area contributed by atoms with Gasteiger partial charge in [0.15, 0.2) is 5.96 Å². The van der Waals surface area contributed by atoms with Gasteiger partial charge in [-0.25, -0.2) is 4.99 Å². The quantitative estimate of drug-likeness (QED) is 0.620. The molecule has 1 aromatic carbocycles. The molecule has 100 valence electrons. The van der Waals surface area contributed by atoms with Crippen LogP contribution < -0.4 is 15.8 Å². The number of methoxy groups -OCH3 is 1. The monoisotopic (exact) mass is 249 g/mol. The zero-order valence-electron chi connectivity index (χ0n) is 11.7. The number of aliphatic imine (C=N–C) groups is 1. The minimum absolute atomic E-state index is 0.489. The van der Waals surface area contributed by atoms with Gasteiger partial charge >= 0.3 is 0 Å². The van der Waals surface area contributed by atoms with Gasteiger partial charge in [-0.15, -0.1) is 0 Å². The predicted molar refractivity (Wildman–Crippen MR) is 75.9 cm³/mol. The number of nitrogens with one attached hydrogen (secondary N) is 1. The van der Waals surface area contributed by atoms with E-state index in [1.807, 2.05) is 25.1 Å². The third-order valence-electron chi connectivity index (χ3n) is 2.60. The fourth-order valence-electron chi connectivity index (χ4n) is 1.50. The topological polar surface area (TPSA) is 59.6 Å². The van der Waals surface area contributed by atoms with Gasteiger partial charge in [-0.2, -0.15) is 0 Å². The van der Waals surface area contributed by atoms with Crippen molar-refractivity contribution in [1.29, 1.82) is 0 Å². The maximum atomic E-state index is 5.78. The van der Waals surface area contributed by atoms with E-state index in [1.165, 1.54) is 0 Å². The van der Waals surface area contributed by atoms with Crippen molar-refractivity contribution in [2.75, 3.05) is 13.7 Å². The number of guanidine groups is 1. The van der Waals surface area contributed by atoms with E-state index in [1.54, 1.807) is 7.11 Å². The second-order valence-corrected chi connectivity index (χ2v) is 4.78. The number of nitrogens with zero attached hydrogens (tertiary/aromatic N) is 1. The Kier molecular flexibility index (Phi) is 5.49. The highest BCUT2D eigenvalue weighted by molar-refractivity contribution is 5.77. The Balaban J connectivity index is 2.59. The summed E-state index contributed by atoms with van der Waals surface area (Å²) >= 11 is 0. The Labute approximate surface area is 109 Å². The summed E-state index contributed by atoms with van der Waals surface area (Å²) in [6.07, 6.45) is 0. The van der Waals surface area contributed by atoms with Crippen molar-refractivity contribution in [3.63, 3.8) is 0 Å². The SMILES string of the molecule is COc1cc(CN=C(N)NCC(C)C)ccc1C. The highest BCUT2D eigenvalue weighted by Crippen LogP contribution is 2.19. The average molecular weight is 249 g/mol. The highest BCUT2D eigenvalue weighted by atomic mass is 16.5. The molecule has 0 spiro atoms. The smallest absolute Gasteiger partial charge is 0.188 e. The van der Waals surface area contributed by atoms with Crippen molar-refractivity contribution in [1.82, 2.24) is 5.32 Å². The van der Waals surface area contributed by atoms with Gasteiger partial charge in [-0.3, -0.25) is 0 Å². The largest absolute Gasteiger partial charge is 0.496 e. The summed E-state index contributed by atoms with van der Waals surface area (Å²) in [5, 5.41) is 3.09. The lowest BCUT2D eigenvalue weighted by molar-refractivity contribution is 0.411. The highest BCUT2D eigenvalue weighted by Gasteiger charge is 2.00. The molecule has 0 radical (unpaired) electrons. The molecule has 0 unspecified atom stereocenters. The molecular formula is C14H23N3O. The molecule has 0 aromatic heterocycles. The van der Waals surface area contributed by atoms with Gasteiger partial charge in [-0.1, -0.05) is 26.0 Å². The third kappa shape index (κ3) is 4.65. The minimum atomic E-state index is 0.489. The average Bonchev–Trinajstić information content (AvgIpc) is 2.35. The lowest BCUT2D eigenvalue weighted by atomic mass is 10.1. The molecule has 0 saturated heterocycles. The van der Waals surface area contributed by atoms with Crippen molar-refractivity contribution < 1.29 is 4.74 Å². The van der Waals surface area contributed by atoms with Crippen molar-refractivity contribution in [3.05, 3.63) is 29.3 Å². The van der Waals surface area contributed by atoms with E-state index in [4.69, 9.17) is 10.5 Å². The molecule has 1 aromatic rings. The summed E-state index contributed by atoms with van der Waals surface area (Å²) in [6, 6.07) is 6.06. The van der Waals surface area contributed by atoms with Gasteiger partial charge in [0.25, 0.3) is 0 Å². The fourth-order valence-corrected chi connectivity index (χ4v) is 1.50. The zero-order valence-corrected chi connectivity index (χ0v) is 11.7. The van der Waals surface area contributed by atoms with E-state index in [2.05, 4.69) is 24.2 Å². The number of nitrogens with two attached hydrogens (primary N) is 1. The first-order valence-corrected chi connectivity index (χ1v) is 6.20. The van der Waals surface area contributed by atoms with E-state index in [9.17, 15) is 0 Å².